The Morgan fingerprint density at radius 2 is 2.24 bits per heavy atom. The molecule has 2 saturated heterocycles. The molecule has 4 nitrogen and oxygen atoms in total. The van der Waals surface area contributed by atoms with Crippen LogP contribution in [0.3, 0.4) is 0 Å². The number of nitrogens with zero attached hydrogens (tertiary/aromatic N) is 2. The highest BCUT2D eigenvalue weighted by Gasteiger charge is 2.51. The van der Waals surface area contributed by atoms with Crippen molar-refractivity contribution >= 4 is 17.5 Å². The van der Waals surface area contributed by atoms with Gasteiger partial charge in [0.2, 0.25) is 0 Å². The van der Waals surface area contributed by atoms with E-state index in [0.29, 0.717) is 16.9 Å². The number of likely N-dealkylation sites (tertiary alicyclic amines) is 1. The average Bonchev–Trinajstić information content (AvgIpc) is 3.07. The summed E-state index contributed by atoms with van der Waals surface area (Å²) in [6.07, 6.45) is 2.85. The fraction of sp³-hybridized carbons (Fsp3) is 0.688. The third-order valence-corrected chi connectivity index (χ3v) is 5.36. The van der Waals surface area contributed by atoms with E-state index in [-0.39, 0.29) is 11.4 Å². The Balaban J connectivity index is 1.89. The van der Waals surface area contributed by atoms with E-state index in [0.717, 1.165) is 38.3 Å². The third kappa shape index (κ3) is 2.38. The molecular weight excluding hydrogens is 286 g/mol. The minimum Gasteiger partial charge on any atom is -0.342 e. The van der Waals surface area contributed by atoms with Crippen LogP contribution < -0.4 is 5.32 Å². The molecule has 2 atom stereocenters. The number of aryl methyl sites for hydroxylation is 1. The first-order chi connectivity index (χ1) is 9.95. The number of rotatable bonds is 3. The number of halogens is 1. The van der Waals surface area contributed by atoms with Gasteiger partial charge in [0.25, 0.3) is 5.91 Å². The van der Waals surface area contributed by atoms with Crippen molar-refractivity contribution in [1.29, 1.82) is 0 Å². The number of amides is 1. The van der Waals surface area contributed by atoms with E-state index in [2.05, 4.69) is 31.0 Å². The molecule has 3 heterocycles. The summed E-state index contributed by atoms with van der Waals surface area (Å²) < 4.78 is 1.99. The summed E-state index contributed by atoms with van der Waals surface area (Å²) in [6.45, 7) is 10.2. The van der Waals surface area contributed by atoms with Gasteiger partial charge in [0, 0.05) is 37.9 Å². The van der Waals surface area contributed by atoms with E-state index in [4.69, 9.17) is 11.6 Å². The van der Waals surface area contributed by atoms with E-state index in [1.54, 1.807) is 0 Å². The summed E-state index contributed by atoms with van der Waals surface area (Å²) >= 11 is 6.12. The zero-order valence-corrected chi connectivity index (χ0v) is 13.8. The Morgan fingerprint density at radius 1 is 1.48 bits per heavy atom. The number of fused-ring (bicyclic) bond motifs is 1. The fourth-order valence-corrected chi connectivity index (χ4v) is 4.21. The first-order valence-electron chi connectivity index (χ1n) is 7.83. The van der Waals surface area contributed by atoms with E-state index in [9.17, 15) is 4.79 Å². The maximum Gasteiger partial charge on any atom is 0.270 e. The second-order valence-electron chi connectivity index (χ2n) is 6.83. The van der Waals surface area contributed by atoms with Crippen molar-refractivity contribution in [3.05, 3.63) is 23.0 Å². The van der Waals surface area contributed by atoms with Gasteiger partial charge in [-0.3, -0.25) is 4.79 Å². The van der Waals surface area contributed by atoms with Gasteiger partial charge in [-0.1, -0.05) is 18.5 Å². The summed E-state index contributed by atoms with van der Waals surface area (Å²) in [6, 6.07) is 1.81. The molecule has 116 valence electrons. The van der Waals surface area contributed by atoms with Gasteiger partial charge in [-0.2, -0.15) is 0 Å². The molecule has 2 aliphatic heterocycles. The number of nitrogens with one attached hydrogen (secondary N) is 1. The van der Waals surface area contributed by atoms with Gasteiger partial charge in [0.15, 0.2) is 0 Å². The van der Waals surface area contributed by atoms with Crippen molar-refractivity contribution < 1.29 is 4.79 Å². The number of hydrogen-bond donors (Lipinski definition) is 1. The summed E-state index contributed by atoms with van der Waals surface area (Å²) in [5.74, 6) is 1.25. The lowest BCUT2D eigenvalue weighted by atomic mass is 9.85. The van der Waals surface area contributed by atoms with Gasteiger partial charge in [0.05, 0.1) is 5.02 Å². The molecule has 0 saturated carbocycles. The summed E-state index contributed by atoms with van der Waals surface area (Å²) in [4.78, 5) is 15.1. The van der Waals surface area contributed by atoms with Crippen molar-refractivity contribution in [1.82, 2.24) is 14.8 Å². The van der Waals surface area contributed by atoms with E-state index in [1.807, 2.05) is 16.8 Å². The van der Waals surface area contributed by atoms with Crippen molar-refractivity contribution in [3.8, 4) is 0 Å². The number of hydrogen-bond acceptors (Lipinski definition) is 2. The van der Waals surface area contributed by atoms with Crippen molar-refractivity contribution in [2.45, 2.75) is 39.3 Å². The first kappa shape index (κ1) is 14.9. The Bertz CT molecular complexity index is 552. The predicted octanol–water partition coefficient (Wildman–Crippen LogP) is 2.62. The molecule has 2 fully saturated rings. The first-order valence-corrected chi connectivity index (χ1v) is 8.21. The predicted molar refractivity (Wildman–Crippen MR) is 84.7 cm³/mol. The molecule has 5 heteroatoms. The molecule has 2 unspecified atom stereocenters. The molecule has 21 heavy (non-hydrogen) atoms. The van der Waals surface area contributed by atoms with Crippen molar-refractivity contribution in [2.75, 3.05) is 19.6 Å². The van der Waals surface area contributed by atoms with Crippen LogP contribution >= 0.6 is 11.6 Å². The average molecular weight is 310 g/mol. The monoisotopic (exact) mass is 309 g/mol. The molecule has 0 aliphatic carbocycles. The molecular formula is C16H24ClN3O. The number of aromatic nitrogens is 1. The molecule has 0 radical (unpaired) electrons. The second kappa shape index (κ2) is 5.33. The van der Waals surface area contributed by atoms with Crippen LogP contribution in [0.1, 0.15) is 37.7 Å². The molecule has 1 aromatic heterocycles. The fourth-order valence-electron chi connectivity index (χ4n) is 3.98. The van der Waals surface area contributed by atoms with Crippen molar-refractivity contribution in [2.24, 2.45) is 11.8 Å². The topological polar surface area (TPSA) is 37.3 Å². The standard InChI is InChI=1S/C16H24ClN3O/c1-4-5-19-10-12(17)6-14(19)15(21)20-9-11-7-18-8-13(11)16(20,2)3/h6,10-11,13,18H,4-5,7-9H2,1-3H3. The Kier molecular flexibility index (Phi) is 3.78. The smallest absolute Gasteiger partial charge is 0.270 e. The van der Waals surface area contributed by atoms with Crippen LogP contribution in [0.25, 0.3) is 0 Å². The summed E-state index contributed by atoms with van der Waals surface area (Å²) in [7, 11) is 0. The van der Waals surface area contributed by atoms with Gasteiger partial charge in [-0.05, 0) is 38.2 Å². The zero-order valence-electron chi connectivity index (χ0n) is 13.0. The molecule has 2 aliphatic rings. The summed E-state index contributed by atoms with van der Waals surface area (Å²) in [5, 5.41) is 4.09. The maximum atomic E-state index is 13.0. The van der Waals surface area contributed by atoms with Crippen molar-refractivity contribution in [3.63, 3.8) is 0 Å². The van der Waals surface area contributed by atoms with Crippen LogP contribution in [0, 0.1) is 11.8 Å². The Morgan fingerprint density at radius 3 is 2.90 bits per heavy atom. The Hall–Kier alpha value is -1.00. The van der Waals surface area contributed by atoms with Crippen LogP contribution in [0.2, 0.25) is 5.02 Å². The lowest BCUT2D eigenvalue weighted by Crippen LogP contribution is -2.48. The van der Waals surface area contributed by atoms with Crippen LogP contribution in [-0.2, 0) is 6.54 Å². The highest BCUT2D eigenvalue weighted by Crippen LogP contribution is 2.41. The highest BCUT2D eigenvalue weighted by molar-refractivity contribution is 6.31. The quantitative estimate of drug-likeness (QED) is 0.932. The van der Waals surface area contributed by atoms with E-state index < -0.39 is 0 Å². The van der Waals surface area contributed by atoms with Gasteiger partial charge in [-0.25, -0.2) is 0 Å². The van der Waals surface area contributed by atoms with E-state index >= 15 is 0 Å². The maximum absolute atomic E-state index is 13.0. The molecule has 1 aromatic rings. The molecule has 0 aromatic carbocycles. The zero-order chi connectivity index (χ0) is 15.2. The molecule has 1 amide bonds. The summed E-state index contributed by atoms with van der Waals surface area (Å²) in [5.41, 5.74) is 0.627. The highest BCUT2D eigenvalue weighted by atomic mass is 35.5. The molecule has 1 N–H and O–H groups in total. The van der Waals surface area contributed by atoms with Gasteiger partial charge in [-0.15, -0.1) is 0 Å². The second-order valence-corrected chi connectivity index (χ2v) is 7.27. The van der Waals surface area contributed by atoms with Crippen LogP contribution in [0.15, 0.2) is 12.3 Å². The lowest BCUT2D eigenvalue weighted by Gasteiger charge is -2.35. The number of carbonyl (C=O) groups excluding carboxylic acids is 1. The van der Waals surface area contributed by atoms with Gasteiger partial charge >= 0.3 is 0 Å². The largest absolute Gasteiger partial charge is 0.342 e. The lowest BCUT2D eigenvalue weighted by molar-refractivity contribution is 0.0592. The molecule has 0 spiro atoms. The number of carbonyl (C=O) groups is 1. The van der Waals surface area contributed by atoms with Crippen LogP contribution in [-0.4, -0.2) is 40.5 Å². The normalized spacial score (nSPS) is 27.1. The van der Waals surface area contributed by atoms with Crippen LogP contribution in [0.4, 0.5) is 0 Å². The molecule has 0 bridgehead atoms. The minimum absolute atomic E-state index is 0.0982. The van der Waals surface area contributed by atoms with Gasteiger partial charge in [0.1, 0.15) is 5.69 Å². The minimum atomic E-state index is -0.0982. The Labute approximate surface area is 131 Å². The van der Waals surface area contributed by atoms with E-state index in [1.165, 1.54) is 0 Å². The SMILES string of the molecule is CCCn1cc(Cl)cc1C(=O)N1CC2CNCC2C1(C)C. The van der Waals surface area contributed by atoms with Gasteiger partial charge < -0.3 is 14.8 Å². The third-order valence-electron chi connectivity index (χ3n) is 5.15. The van der Waals surface area contributed by atoms with Crippen LogP contribution in [0.5, 0.6) is 0 Å². The molecule has 3 rings (SSSR count).